The van der Waals surface area contributed by atoms with Crippen molar-refractivity contribution in [2.24, 2.45) is 0 Å². The summed E-state index contributed by atoms with van der Waals surface area (Å²) in [5.74, 6) is 0.796. The maximum atomic E-state index is 6.19. The Balaban J connectivity index is 1.72. The number of nitrogens with one attached hydrogen (secondary N) is 1. The van der Waals surface area contributed by atoms with Crippen LogP contribution in [0.5, 0.6) is 0 Å². The van der Waals surface area contributed by atoms with E-state index in [2.05, 4.69) is 15.3 Å². The Morgan fingerprint density at radius 3 is 2.75 bits per heavy atom. The number of halogens is 1. The first-order valence-corrected chi connectivity index (χ1v) is 6.90. The zero-order chi connectivity index (χ0) is 13.8. The van der Waals surface area contributed by atoms with Gasteiger partial charge in [-0.3, -0.25) is 4.98 Å². The predicted octanol–water partition coefficient (Wildman–Crippen LogP) is 3.94. The highest BCUT2D eigenvalue weighted by molar-refractivity contribution is 6.34. The molecular weight excluding hydrogens is 270 g/mol. The van der Waals surface area contributed by atoms with Crippen molar-refractivity contribution < 1.29 is 0 Å². The molecule has 2 aromatic heterocycles. The second kappa shape index (κ2) is 5.88. The molecule has 0 saturated heterocycles. The molecule has 1 N–H and O–H groups in total. The molecule has 2 heterocycles. The van der Waals surface area contributed by atoms with E-state index in [1.807, 2.05) is 48.5 Å². The SMILES string of the molecule is Clc1nc(NCCc2ccccn2)cc2ccccc12. The number of hydrogen-bond acceptors (Lipinski definition) is 3. The molecule has 1 aromatic carbocycles. The van der Waals surface area contributed by atoms with Crippen LogP contribution in [0.4, 0.5) is 5.82 Å². The van der Waals surface area contributed by atoms with Gasteiger partial charge in [0.05, 0.1) is 0 Å². The van der Waals surface area contributed by atoms with Crippen LogP contribution in [-0.2, 0) is 6.42 Å². The average Bonchev–Trinajstić information content (AvgIpc) is 2.48. The summed E-state index contributed by atoms with van der Waals surface area (Å²) < 4.78 is 0. The fourth-order valence-corrected chi connectivity index (χ4v) is 2.37. The Morgan fingerprint density at radius 2 is 1.90 bits per heavy atom. The van der Waals surface area contributed by atoms with Gasteiger partial charge in [0.1, 0.15) is 11.0 Å². The monoisotopic (exact) mass is 283 g/mol. The first-order valence-electron chi connectivity index (χ1n) is 6.52. The second-order valence-electron chi connectivity index (χ2n) is 4.52. The van der Waals surface area contributed by atoms with Crippen LogP contribution in [0.15, 0.2) is 54.7 Å². The zero-order valence-electron chi connectivity index (χ0n) is 10.9. The molecule has 3 aromatic rings. The van der Waals surface area contributed by atoms with Crippen LogP contribution >= 0.6 is 11.6 Å². The lowest BCUT2D eigenvalue weighted by Gasteiger charge is -2.08. The van der Waals surface area contributed by atoms with Crippen LogP contribution < -0.4 is 5.32 Å². The molecule has 0 atom stereocenters. The summed E-state index contributed by atoms with van der Waals surface area (Å²) in [6.07, 6.45) is 2.66. The minimum atomic E-state index is 0.531. The smallest absolute Gasteiger partial charge is 0.139 e. The lowest BCUT2D eigenvalue weighted by atomic mass is 10.2. The van der Waals surface area contributed by atoms with Crippen molar-refractivity contribution in [3.05, 3.63) is 65.6 Å². The van der Waals surface area contributed by atoms with E-state index in [0.29, 0.717) is 5.15 Å². The summed E-state index contributed by atoms with van der Waals surface area (Å²) in [4.78, 5) is 8.66. The molecular formula is C16H14ClN3. The van der Waals surface area contributed by atoms with Gasteiger partial charge in [0.15, 0.2) is 0 Å². The van der Waals surface area contributed by atoms with Gasteiger partial charge in [-0.05, 0) is 23.6 Å². The van der Waals surface area contributed by atoms with Crippen molar-refractivity contribution in [1.29, 1.82) is 0 Å². The molecule has 0 bridgehead atoms. The fraction of sp³-hybridized carbons (Fsp3) is 0.125. The van der Waals surface area contributed by atoms with Gasteiger partial charge >= 0.3 is 0 Å². The van der Waals surface area contributed by atoms with E-state index in [-0.39, 0.29) is 0 Å². The van der Waals surface area contributed by atoms with Crippen molar-refractivity contribution in [3.8, 4) is 0 Å². The zero-order valence-corrected chi connectivity index (χ0v) is 11.6. The molecule has 0 spiro atoms. The summed E-state index contributed by atoms with van der Waals surface area (Å²) in [6.45, 7) is 0.776. The minimum Gasteiger partial charge on any atom is -0.370 e. The molecule has 0 fully saturated rings. The van der Waals surface area contributed by atoms with E-state index < -0.39 is 0 Å². The molecule has 3 rings (SSSR count). The number of pyridine rings is 2. The van der Waals surface area contributed by atoms with Gasteiger partial charge in [0, 0.05) is 30.2 Å². The first-order chi connectivity index (χ1) is 9.83. The highest BCUT2D eigenvalue weighted by atomic mass is 35.5. The summed E-state index contributed by atoms with van der Waals surface area (Å²) in [5.41, 5.74) is 1.06. The Kier molecular flexibility index (Phi) is 3.79. The topological polar surface area (TPSA) is 37.8 Å². The Labute approximate surface area is 122 Å². The molecule has 4 heteroatoms. The highest BCUT2D eigenvalue weighted by Crippen LogP contribution is 2.24. The van der Waals surface area contributed by atoms with E-state index >= 15 is 0 Å². The standard InChI is InChI=1S/C16H14ClN3/c17-16-14-7-2-1-5-12(14)11-15(20-16)19-10-8-13-6-3-4-9-18-13/h1-7,9,11H,8,10H2,(H,19,20). The molecule has 0 aliphatic heterocycles. The van der Waals surface area contributed by atoms with Crippen LogP contribution in [0.1, 0.15) is 5.69 Å². The molecule has 3 nitrogen and oxygen atoms in total. The Bertz CT molecular complexity index is 713. The molecule has 0 radical (unpaired) electrons. The van der Waals surface area contributed by atoms with Crippen molar-refractivity contribution in [2.45, 2.75) is 6.42 Å². The van der Waals surface area contributed by atoms with E-state index in [1.54, 1.807) is 6.20 Å². The second-order valence-corrected chi connectivity index (χ2v) is 4.88. The van der Waals surface area contributed by atoms with E-state index in [9.17, 15) is 0 Å². The van der Waals surface area contributed by atoms with Crippen LogP contribution in [0.2, 0.25) is 5.15 Å². The third-order valence-electron chi connectivity index (χ3n) is 3.11. The van der Waals surface area contributed by atoms with Crippen molar-refractivity contribution in [1.82, 2.24) is 9.97 Å². The number of hydrogen-bond donors (Lipinski definition) is 1. The summed E-state index contributed by atoms with van der Waals surface area (Å²) >= 11 is 6.19. The largest absolute Gasteiger partial charge is 0.370 e. The summed E-state index contributed by atoms with van der Waals surface area (Å²) in [6, 6.07) is 15.9. The van der Waals surface area contributed by atoms with Crippen LogP contribution in [-0.4, -0.2) is 16.5 Å². The number of rotatable bonds is 4. The minimum absolute atomic E-state index is 0.531. The average molecular weight is 284 g/mol. The summed E-state index contributed by atoms with van der Waals surface area (Å²) in [7, 11) is 0. The molecule has 20 heavy (non-hydrogen) atoms. The lowest BCUT2D eigenvalue weighted by Crippen LogP contribution is -2.07. The number of nitrogens with zero attached hydrogens (tertiary/aromatic N) is 2. The number of aromatic nitrogens is 2. The fourth-order valence-electron chi connectivity index (χ4n) is 2.11. The molecule has 0 aliphatic carbocycles. The van der Waals surface area contributed by atoms with Crippen molar-refractivity contribution in [3.63, 3.8) is 0 Å². The maximum absolute atomic E-state index is 6.19. The lowest BCUT2D eigenvalue weighted by molar-refractivity contribution is 0.955. The maximum Gasteiger partial charge on any atom is 0.139 e. The predicted molar refractivity (Wildman–Crippen MR) is 83.2 cm³/mol. The molecule has 0 unspecified atom stereocenters. The third kappa shape index (κ3) is 2.89. The van der Waals surface area contributed by atoms with Gasteiger partial charge < -0.3 is 5.32 Å². The molecule has 0 amide bonds. The van der Waals surface area contributed by atoms with Crippen LogP contribution in [0.25, 0.3) is 10.8 Å². The normalized spacial score (nSPS) is 10.7. The van der Waals surface area contributed by atoms with Gasteiger partial charge in [-0.1, -0.05) is 41.9 Å². The van der Waals surface area contributed by atoms with Gasteiger partial charge in [0.2, 0.25) is 0 Å². The van der Waals surface area contributed by atoms with Crippen LogP contribution in [0, 0.1) is 0 Å². The van der Waals surface area contributed by atoms with Gasteiger partial charge in [-0.2, -0.15) is 0 Å². The van der Waals surface area contributed by atoms with E-state index in [4.69, 9.17) is 11.6 Å². The summed E-state index contributed by atoms with van der Waals surface area (Å²) in [5, 5.41) is 5.89. The third-order valence-corrected chi connectivity index (χ3v) is 3.40. The van der Waals surface area contributed by atoms with Crippen molar-refractivity contribution in [2.75, 3.05) is 11.9 Å². The molecule has 0 aliphatic rings. The van der Waals surface area contributed by atoms with Gasteiger partial charge in [0.25, 0.3) is 0 Å². The molecule has 0 saturated carbocycles. The van der Waals surface area contributed by atoms with Crippen molar-refractivity contribution >= 4 is 28.2 Å². The van der Waals surface area contributed by atoms with Gasteiger partial charge in [-0.15, -0.1) is 0 Å². The Hall–Kier alpha value is -2.13. The number of fused-ring (bicyclic) bond motifs is 1. The molecule has 100 valence electrons. The van der Waals surface area contributed by atoms with E-state index in [1.165, 1.54) is 0 Å². The van der Waals surface area contributed by atoms with E-state index in [0.717, 1.165) is 35.2 Å². The highest BCUT2D eigenvalue weighted by Gasteiger charge is 2.03. The van der Waals surface area contributed by atoms with Gasteiger partial charge in [-0.25, -0.2) is 4.98 Å². The number of anilines is 1. The Morgan fingerprint density at radius 1 is 1.05 bits per heavy atom. The van der Waals surface area contributed by atoms with Crippen LogP contribution in [0.3, 0.4) is 0 Å². The first kappa shape index (κ1) is 12.9. The quantitative estimate of drug-likeness (QED) is 0.737. The number of benzene rings is 1.